The van der Waals surface area contributed by atoms with Crippen LogP contribution in [0.15, 0.2) is 0 Å². The third-order valence-electron chi connectivity index (χ3n) is 6.32. The second-order valence-electron chi connectivity index (χ2n) is 7.93. The fourth-order valence-electron chi connectivity index (χ4n) is 5.10. The van der Waals surface area contributed by atoms with Gasteiger partial charge < -0.3 is 10.2 Å². The topological polar surface area (TPSA) is 40.5 Å². The van der Waals surface area contributed by atoms with Crippen LogP contribution >= 0.6 is 0 Å². The molecule has 0 spiro atoms. The molecule has 1 unspecified atom stereocenters. The first-order chi connectivity index (χ1) is 7.77. The van der Waals surface area contributed by atoms with E-state index in [2.05, 4.69) is 20.8 Å². The zero-order chi connectivity index (χ0) is 12.5. The van der Waals surface area contributed by atoms with Gasteiger partial charge in [-0.05, 0) is 61.2 Å². The van der Waals surface area contributed by atoms with Crippen molar-refractivity contribution in [3.8, 4) is 0 Å². The van der Waals surface area contributed by atoms with Crippen LogP contribution in [-0.4, -0.2) is 21.9 Å². The monoisotopic (exact) mass is 238 g/mol. The number of fused-ring (bicyclic) bond motifs is 4. The number of rotatable bonds is 0. The van der Waals surface area contributed by atoms with Gasteiger partial charge in [-0.1, -0.05) is 20.8 Å². The van der Waals surface area contributed by atoms with Crippen LogP contribution in [0.25, 0.3) is 0 Å². The van der Waals surface area contributed by atoms with E-state index in [0.717, 1.165) is 25.7 Å². The summed E-state index contributed by atoms with van der Waals surface area (Å²) in [6.45, 7) is 6.86. The first kappa shape index (κ1) is 12.0. The maximum absolute atomic E-state index is 11.0. The minimum absolute atomic E-state index is 0.0413. The van der Waals surface area contributed by atoms with Crippen molar-refractivity contribution in [3.05, 3.63) is 0 Å². The molecule has 2 heteroatoms. The van der Waals surface area contributed by atoms with Crippen molar-refractivity contribution in [1.29, 1.82) is 0 Å². The molecule has 0 aliphatic heterocycles. The second kappa shape index (κ2) is 3.27. The summed E-state index contributed by atoms with van der Waals surface area (Å²) < 4.78 is 0. The highest BCUT2D eigenvalue weighted by Gasteiger charge is 2.61. The van der Waals surface area contributed by atoms with E-state index in [-0.39, 0.29) is 11.5 Å². The van der Waals surface area contributed by atoms with Crippen LogP contribution in [0.4, 0.5) is 0 Å². The Hall–Kier alpha value is -0.0800. The van der Waals surface area contributed by atoms with Crippen LogP contribution in [0.2, 0.25) is 0 Å². The molecule has 3 aliphatic rings. The molecule has 2 nitrogen and oxygen atoms in total. The second-order valence-corrected chi connectivity index (χ2v) is 7.93. The summed E-state index contributed by atoms with van der Waals surface area (Å²) in [5.74, 6) is 1.16. The van der Waals surface area contributed by atoms with Crippen LogP contribution < -0.4 is 0 Å². The molecule has 0 aromatic heterocycles. The van der Waals surface area contributed by atoms with Gasteiger partial charge in [0.25, 0.3) is 0 Å². The van der Waals surface area contributed by atoms with Gasteiger partial charge >= 0.3 is 0 Å². The van der Waals surface area contributed by atoms with Gasteiger partial charge in [-0.25, -0.2) is 0 Å². The minimum Gasteiger partial charge on any atom is -0.393 e. The van der Waals surface area contributed by atoms with Gasteiger partial charge in [0, 0.05) is 0 Å². The van der Waals surface area contributed by atoms with Crippen LogP contribution in [0, 0.1) is 22.7 Å². The number of hydrogen-bond acceptors (Lipinski definition) is 2. The normalized spacial score (nSPS) is 56.6. The summed E-state index contributed by atoms with van der Waals surface area (Å²) in [7, 11) is 0. The Morgan fingerprint density at radius 3 is 2.35 bits per heavy atom. The van der Waals surface area contributed by atoms with Crippen molar-refractivity contribution < 1.29 is 10.2 Å². The van der Waals surface area contributed by atoms with Crippen molar-refractivity contribution in [2.45, 2.75) is 71.0 Å². The first-order valence-electron chi connectivity index (χ1n) is 7.17. The summed E-state index contributed by atoms with van der Waals surface area (Å²) in [4.78, 5) is 0. The Labute approximate surface area is 104 Å². The van der Waals surface area contributed by atoms with E-state index in [0.29, 0.717) is 17.3 Å². The lowest BCUT2D eigenvalue weighted by Gasteiger charge is -2.58. The zero-order valence-corrected chi connectivity index (χ0v) is 11.4. The molecular weight excluding hydrogens is 212 g/mol. The van der Waals surface area contributed by atoms with Gasteiger partial charge in [-0.2, -0.15) is 0 Å². The third-order valence-corrected chi connectivity index (χ3v) is 6.32. The lowest BCUT2D eigenvalue weighted by atomic mass is 9.49. The molecule has 98 valence electrons. The van der Waals surface area contributed by atoms with Crippen LogP contribution in [0.1, 0.15) is 59.3 Å². The summed E-state index contributed by atoms with van der Waals surface area (Å²) >= 11 is 0. The van der Waals surface area contributed by atoms with Gasteiger partial charge in [0.2, 0.25) is 0 Å². The van der Waals surface area contributed by atoms with E-state index in [4.69, 9.17) is 0 Å². The summed E-state index contributed by atoms with van der Waals surface area (Å²) in [5, 5.41) is 21.2. The van der Waals surface area contributed by atoms with E-state index in [1.807, 2.05) is 0 Å². The smallest absolute Gasteiger partial charge is 0.0686 e. The molecule has 0 aromatic carbocycles. The molecule has 0 heterocycles. The molecular formula is C15H26O2. The fourth-order valence-corrected chi connectivity index (χ4v) is 5.10. The van der Waals surface area contributed by atoms with E-state index in [1.165, 1.54) is 12.8 Å². The molecule has 3 rings (SSSR count). The molecule has 17 heavy (non-hydrogen) atoms. The van der Waals surface area contributed by atoms with Crippen molar-refractivity contribution in [3.63, 3.8) is 0 Å². The third kappa shape index (κ3) is 1.53. The Morgan fingerprint density at radius 1 is 1.00 bits per heavy atom. The van der Waals surface area contributed by atoms with E-state index >= 15 is 0 Å². The highest BCUT2D eigenvalue weighted by atomic mass is 16.3. The molecule has 3 aliphatic carbocycles. The SMILES string of the molecule is CC1(C)C[C@@H]2[C@H]1CC[C@@]1(C)C[C@]2(O)CCC1O. The Balaban J connectivity index is 1.93. The zero-order valence-electron chi connectivity index (χ0n) is 11.4. The Kier molecular flexibility index (Phi) is 2.30. The van der Waals surface area contributed by atoms with Crippen LogP contribution in [-0.2, 0) is 0 Å². The Bertz CT molecular complexity index is 338. The van der Waals surface area contributed by atoms with Crippen molar-refractivity contribution >= 4 is 0 Å². The fraction of sp³-hybridized carbons (Fsp3) is 1.00. The molecule has 5 atom stereocenters. The van der Waals surface area contributed by atoms with Gasteiger partial charge in [0.1, 0.15) is 0 Å². The van der Waals surface area contributed by atoms with Gasteiger partial charge in [-0.15, -0.1) is 0 Å². The Morgan fingerprint density at radius 2 is 1.71 bits per heavy atom. The lowest BCUT2D eigenvalue weighted by Crippen LogP contribution is -2.57. The summed E-state index contributed by atoms with van der Waals surface area (Å²) in [5.41, 5.74) is -0.121. The highest BCUT2D eigenvalue weighted by Crippen LogP contribution is 2.64. The predicted octanol–water partition coefficient (Wildman–Crippen LogP) is 2.72. The summed E-state index contributed by atoms with van der Waals surface area (Å²) in [6, 6.07) is 0. The summed E-state index contributed by atoms with van der Waals surface area (Å²) in [6.07, 6.45) is 5.65. The van der Waals surface area contributed by atoms with Gasteiger partial charge in [0.15, 0.2) is 0 Å². The molecule has 0 aromatic rings. The average Bonchev–Trinajstić information content (AvgIpc) is 2.28. The largest absolute Gasteiger partial charge is 0.393 e. The number of aliphatic hydroxyl groups is 2. The van der Waals surface area contributed by atoms with Crippen molar-refractivity contribution in [2.24, 2.45) is 22.7 Å². The maximum Gasteiger partial charge on any atom is 0.0686 e. The van der Waals surface area contributed by atoms with Gasteiger partial charge in [-0.3, -0.25) is 0 Å². The molecule has 2 N–H and O–H groups in total. The quantitative estimate of drug-likeness (QED) is 0.681. The maximum atomic E-state index is 11.0. The van der Waals surface area contributed by atoms with E-state index < -0.39 is 5.60 Å². The number of hydrogen-bond donors (Lipinski definition) is 2. The van der Waals surface area contributed by atoms with Crippen LogP contribution in [0.5, 0.6) is 0 Å². The highest BCUT2D eigenvalue weighted by molar-refractivity contribution is 5.12. The van der Waals surface area contributed by atoms with Crippen molar-refractivity contribution in [1.82, 2.24) is 0 Å². The minimum atomic E-state index is -0.481. The lowest BCUT2D eigenvalue weighted by molar-refractivity contribution is -0.176. The predicted molar refractivity (Wildman–Crippen MR) is 67.5 cm³/mol. The van der Waals surface area contributed by atoms with Crippen LogP contribution in [0.3, 0.4) is 0 Å². The van der Waals surface area contributed by atoms with E-state index in [1.54, 1.807) is 0 Å². The average molecular weight is 238 g/mol. The van der Waals surface area contributed by atoms with Gasteiger partial charge in [0.05, 0.1) is 11.7 Å². The molecule has 3 fully saturated rings. The molecule has 0 radical (unpaired) electrons. The first-order valence-corrected chi connectivity index (χ1v) is 7.17. The van der Waals surface area contributed by atoms with E-state index in [9.17, 15) is 10.2 Å². The number of aliphatic hydroxyl groups excluding tert-OH is 1. The molecule has 0 amide bonds. The molecule has 2 bridgehead atoms. The molecule has 0 saturated heterocycles. The standard InChI is InChI=1S/C15H26O2/c1-13(2)8-11-10(13)4-6-14(3)9-15(11,17)7-5-12(14)16/h10-12,16-17H,4-9H2,1-3H3/t10-,11-,12?,14+,15-/m1/s1. The molecule has 3 saturated carbocycles. The van der Waals surface area contributed by atoms with Crippen molar-refractivity contribution in [2.75, 3.05) is 0 Å².